The van der Waals surface area contributed by atoms with E-state index in [0.717, 1.165) is 25.7 Å². The SMILES string of the molecule is C=C(C)C(=O)OC1CCCCC1.CC(=CC1=CCCCC1)C(=O)O. The van der Waals surface area contributed by atoms with Gasteiger partial charge >= 0.3 is 11.9 Å². The van der Waals surface area contributed by atoms with Crippen LogP contribution in [0.1, 0.15) is 71.6 Å². The van der Waals surface area contributed by atoms with Gasteiger partial charge in [0, 0.05) is 11.1 Å². The normalized spacial score (nSPS) is 18.8. The van der Waals surface area contributed by atoms with E-state index in [1.54, 1.807) is 19.9 Å². The summed E-state index contributed by atoms with van der Waals surface area (Å²) >= 11 is 0. The maximum absolute atomic E-state index is 11.1. The van der Waals surface area contributed by atoms with Crippen LogP contribution in [-0.2, 0) is 14.3 Å². The molecule has 0 aromatic carbocycles. The summed E-state index contributed by atoms with van der Waals surface area (Å²) in [5, 5.41) is 8.62. The van der Waals surface area contributed by atoms with Crippen LogP contribution in [0.3, 0.4) is 0 Å². The molecule has 0 aromatic heterocycles. The molecule has 0 radical (unpaired) electrons. The molecule has 1 fully saturated rings. The Labute approximate surface area is 145 Å². The van der Waals surface area contributed by atoms with E-state index < -0.39 is 5.97 Å². The number of carbonyl (C=O) groups excluding carboxylic acids is 1. The Morgan fingerprint density at radius 3 is 2.33 bits per heavy atom. The van der Waals surface area contributed by atoms with E-state index in [2.05, 4.69) is 12.7 Å². The Bertz CT molecular complexity index is 508. The molecule has 0 saturated heterocycles. The van der Waals surface area contributed by atoms with Crippen molar-refractivity contribution >= 4 is 11.9 Å². The van der Waals surface area contributed by atoms with Gasteiger partial charge in [0.05, 0.1) is 0 Å². The van der Waals surface area contributed by atoms with Crippen molar-refractivity contribution in [3.8, 4) is 0 Å². The van der Waals surface area contributed by atoms with Crippen molar-refractivity contribution in [2.45, 2.75) is 77.7 Å². The van der Waals surface area contributed by atoms with Crippen LogP contribution in [0.25, 0.3) is 0 Å². The van der Waals surface area contributed by atoms with Crippen molar-refractivity contribution < 1.29 is 19.4 Å². The van der Waals surface area contributed by atoms with Gasteiger partial charge in [0.25, 0.3) is 0 Å². The van der Waals surface area contributed by atoms with Crippen molar-refractivity contribution in [2.24, 2.45) is 0 Å². The standard InChI is InChI=1S/C10H16O2.C10H14O2/c1-8(2)10(11)12-9-6-4-3-5-7-9;1-8(10(11)12)7-9-5-3-2-4-6-9/h9H,1,3-7H2,2H3;5,7H,2-4,6H2,1H3,(H,11,12). The number of aliphatic carboxylic acids is 1. The summed E-state index contributed by atoms with van der Waals surface area (Å²) in [5.41, 5.74) is 2.12. The van der Waals surface area contributed by atoms with Gasteiger partial charge in [-0.2, -0.15) is 0 Å². The second kappa shape index (κ2) is 10.8. The molecule has 134 valence electrons. The molecule has 1 saturated carbocycles. The molecule has 1 N–H and O–H groups in total. The maximum Gasteiger partial charge on any atom is 0.333 e. The molecule has 4 heteroatoms. The number of hydrogen-bond acceptors (Lipinski definition) is 3. The zero-order valence-corrected chi connectivity index (χ0v) is 15.0. The molecule has 4 nitrogen and oxygen atoms in total. The minimum Gasteiger partial charge on any atom is -0.478 e. The minimum absolute atomic E-state index is 0.156. The molecule has 0 heterocycles. The number of rotatable bonds is 4. The first-order valence-corrected chi connectivity index (χ1v) is 8.87. The summed E-state index contributed by atoms with van der Waals surface area (Å²) in [6.07, 6.45) is 14.3. The largest absolute Gasteiger partial charge is 0.478 e. The van der Waals surface area contributed by atoms with E-state index in [1.807, 2.05) is 0 Å². The topological polar surface area (TPSA) is 63.6 Å². The number of carboxylic acids is 1. The molecule has 0 atom stereocenters. The van der Waals surface area contributed by atoms with Crippen LogP contribution >= 0.6 is 0 Å². The molecule has 2 aliphatic rings. The molecule has 2 rings (SSSR count). The van der Waals surface area contributed by atoms with E-state index in [0.29, 0.717) is 11.1 Å². The second-order valence-electron chi connectivity index (χ2n) is 6.60. The summed E-state index contributed by atoms with van der Waals surface area (Å²) in [6, 6.07) is 0. The number of carboxylic acid groups (broad SMARTS) is 1. The van der Waals surface area contributed by atoms with Gasteiger partial charge in [-0.3, -0.25) is 0 Å². The number of carbonyl (C=O) groups is 2. The number of esters is 1. The van der Waals surface area contributed by atoms with Gasteiger partial charge in [0.15, 0.2) is 0 Å². The molecule has 2 aliphatic carbocycles. The van der Waals surface area contributed by atoms with Crippen LogP contribution in [0.15, 0.2) is 35.5 Å². The Hall–Kier alpha value is -1.84. The Kier molecular flexibility index (Phi) is 9.13. The average Bonchev–Trinajstić information content (AvgIpc) is 2.57. The van der Waals surface area contributed by atoms with Crippen molar-refractivity contribution in [1.29, 1.82) is 0 Å². The lowest BCUT2D eigenvalue weighted by Gasteiger charge is -2.21. The van der Waals surface area contributed by atoms with Gasteiger partial charge in [-0.25, -0.2) is 9.59 Å². The highest BCUT2D eigenvalue weighted by Crippen LogP contribution is 2.21. The summed E-state index contributed by atoms with van der Waals surface area (Å²) in [6.45, 7) is 6.87. The molecular weight excluding hydrogens is 304 g/mol. The van der Waals surface area contributed by atoms with Gasteiger partial charge in [-0.1, -0.05) is 24.6 Å². The van der Waals surface area contributed by atoms with Crippen molar-refractivity contribution in [3.05, 3.63) is 35.5 Å². The first-order valence-electron chi connectivity index (χ1n) is 8.87. The quantitative estimate of drug-likeness (QED) is 0.583. The zero-order chi connectivity index (χ0) is 17.9. The Morgan fingerprint density at radius 1 is 1.17 bits per heavy atom. The fourth-order valence-corrected chi connectivity index (χ4v) is 2.77. The number of ether oxygens (including phenoxy) is 1. The highest BCUT2D eigenvalue weighted by molar-refractivity contribution is 5.87. The maximum atomic E-state index is 11.1. The van der Waals surface area contributed by atoms with Gasteiger partial charge in [-0.15, -0.1) is 0 Å². The summed E-state index contributed by atoms with van der Waals surface area (Å²) < 4.78 is 5.21. The van der Waals surface area contributed by atoms with E-state index in [1.165, 1.54) is 37.7 Å². The van der Waals surface area contributed by atoms with E-state index in [-0.39, 0.29) is 12.1 Å². The fourth-order valence-electron chi connectivity index (χ4n) is 2.77. The highest BCUT2D eigenvalue weighted by atomic mass is 16.5. The molecule has 0 amide bonds. The predicted molar refractivity (Wildman–Crippen MR) is 95.7 cm³/mol. The number of allylic oxidation sites excluding steroid dienone is 3. The van der Waals surface area contributed by atoms with Gasteiger partial charge in [0.1, 0.15) is 6.10 Å². The third kappa shape index (κ3) is 8.14. The monoisotopic (exact) mass is 334 g/mol. The summed E-state index contributed by atoms with van der Waals surface area (Å²) in [4.78, 5) is 21.6. The van der Waals surface area contributed by atoms with Crippen LogP contribution in [0, 0.1) is 0 Å². The summed E-state index contributed by atoms with van der Waals surface area (Å²) in [7, 11) is 0. The number of hydrogen-bond donors (Lipinski definition) is 1. The van der Waals surface area contributed by atoms with Crippen molar-refractivity contribution in [3.63, 3.8) is 0 Å². The lowest BCUT2D eigenvalue weighted by atomic mass is 9.98. The van der Waals surface area contributed by atoms with Crippen molar-refractivity contribution in [1.82, 2.24) is 0 Å². The van der Waals surface area contributed by atoms with E-state index in [4.69, 9.17) is 9.84 Å². The smallest absolute Gasteiger partial charge is 0.333 e. The van der Waals surface area contributed by atoms with Crippen LogP contribution in [0.5, 0.6) is 0 Å². The molecule has 0 spiro atoms. The Balaban J connectivity index is 0.000000240. The molecular formula is C20H30O4. The van der Waals surface area contributed by atoms with Crippen LogP contribution in [0.2, 0.25) is 0 Å². The molecule has 0 unspecified atom stereocenters. The molecule has 0 bridgehead atoms. The van der Waals surface area contributed by atoms with Crippen molar-refractivity contribution in [2.75, 3.05) is 0 Å². The van der Waals surface area contributed by atoms with Gasteiger partial charge in [-0.05, 0) is 71.3 Å². The minimum atomic E-state index is -0.818. The van der Waals surface area contributed by atoms with Crippen LogP contribution < -0.4 is 0 Å². The van der Waals surface area contributed by atoms with E-state index in [9.17, 15) is 9.59 Å². The third-order valence-corrected chi connectivity index (χ3v) is 4.24. The highest BCUT2D eigenvalue weighted by Gasteiger charge is 2.17. The Morgan fingerprint density at radius 2 is 1.83 bits per heavy atom. The predicted octanol–water partition coefficient (Wildman–Crippen LogP) is 4.96. The lowest BCUT2D eigenvalue weighted by molar-refractivity contribution is -0.145. The molecule has 24 heavy (non-hydrogen) atoms. The second-order valence-corrected chi connectivity index (χ2v) is 6.60. The van der Waals surface area contributed by atoms with Gasteiger partial charge < -0.3 is 9.84 Å². The zero-order valence-electron chi connectivity index (χ0n) is 15.0. The van der Waals surface area contributed by atoms with Crippen LogP contribution in [0.4, 0.5) is 0 Å². The molecule has 0 aromatic rings. The first kappa shape index (κ1) is 20.2. The summed E-state index contributed by atoms with van der Waals surface area (Å²) in [5.74, 6) is -1.05. The van der Waals surface area contributed by atoms with Crippen LogP contribution in [-0.4, -0.2) is 23.1 Å². The average molecular weight is 334 g/mol. The first-order chi connectivity index (χ1) is 11.4. The third-order valence-electron chi connectivity index (χ3n) is 4.24. The lowest BCUT2D eigenvalue weighted by Crippen LogP contribution is -2.20. The molecule has 0 aliphatic heterocycles. The van der Waals surface area contributed by atoms with Gasteiger partial charge in [0.2, 0.25) is 0 Å². The van der Waals surface area contributed by atoms with E-state index >= 15 is 0 Å². The fraction of sp³-hybridized carbons (Fsp3) is 0.600.